The fraction of sp³-hybridized carbons (Fsp3) is 0.0476. The lowest BCUT2D eigenvalue weighted by Crippen LogP contribution is -2.22. The quantitative estimate of drug-likeness (QED) is 0.350. The van der Waals surface area contributed by atoms with Crippen LogP contribution in [-0.4, -0.2) is 12.5 Å². The number of anilines is 1. The largest absolute Gasteiger partial charge is 0.476 e. The van der Waals surface area contributed by atoms with Crippen LogP contribution in [0.25, 0.3) is 22.5 Å². The Morgan fingerprint density at radius 3 is 2.57 bits per heavy atom. The second kappa shape index (κ2) is 8.55. The Labute approximate surface area is 188 Å². The van der Waals surface area contributed by atoms with Gasteiger partial charge in [0.05, 0.1) is 15.4 Å². The van der Waals surface area contributed by atoms with Crippen LogP contribution in [0.1, 0.15) is 0 Å². The van der Waals surface area contributed by atoms with Crippen molar-refractivity contribution in [3.63, 3.8) is 0 Å². The second-order valence-corrected chi connectivity index (χ2v) is 7.75. The summed E-state index contributed by atoms with van der Waals surface area (Å²) in [6.07, 6.45) is 0. The molecule has 4 rings (SSSR count). The molecular formula is C21H12BrCl2NO5. The molecule has 2 heterocycles. The van der Waals surface area contributed by atoms with Gasteiger partial charge in [-0.05, 0) is 58.4 Å². The fourth-order valence-electron chi connectivity index (χ4n) is 2.76. The Kier molecular flexibility index (Phi) is 5.85. The van der Waals surface area contributed by atoms with E-state index in [-0.39, 0.29) is 17.3 Å². The smallest absolute Gasteiger partial charge is 0.262 e. The molecule has 0 bridgehead atoms. The van der Waals surface area contributed by atoms with Gasteiger partial charge in [0.15, 0.2) is 17.0 Å². The van der Waals surface area contributed by atoms with Gasteiger partial charge in [-0.25, -0.2) is 0 Å². The van der Waals surface area contributed by atoms with Crippen LogP contribution in [-0.2, 0) is 4.79 Å². The van der Waals surface area contributed by atoms with Crippen molar-refractivity contribution in [2.75, 3.05) is 11.9 Å². The molecule has 9 heteroatoms. The average Bonchev–Trinajstić information content (AvgIpc) is 3.16. The molecule has 0 aliphatic carbocycles. The van der Waals surface area contributed by atoms with Crippen LogP contribution in [0.5, 0.6) is 5.75 Å². The standard InChI is InChI=1S/C21H12BrCl2NO5/c22-17-8-7-16(29-17)20-21(19(27)12-3-1-2-4-15(12)30-20)28-10-18(26)25-11-5-6-13(23)14(24)9-11/h1-9H,10H2,(H,25,26). The minimum Gasteiger partial charge on any atom is -0.476 e. The number of ether oxygens (including phenoxy) is 1. The van der Waals surface area contributed by atoms with Gasteiger partial charge in [0.1, 0.15) is 5.58 Å². The van der Waals surface area contributed by atoms with Crippen LogP contribution >= 0.6 is 39.1 Å². The number of furan rings is 1. The van der Waals surface area contributed by atoms with E-state index >= 15 is 0 Å². The van der Waals surface area contributed by atoms with Gasteiger partial charge in [0.25, 0.3) is 5.91 Å². The molecule has 30 heavy (non-hydrogen) atoms. The number of fused-ring (bicyclic) bond motifs is 1. The molecule has 4 aromatic rings. The summed E-state index contributed by atoms with van der Waals surface area (Å²) in [4.78, 5) is 25.3. The minimum absolute atomic E-state index is 0.0896. The van der Waals surface area contributed by atoms with Crippen molar-refractivity contribution in [1.82, 2.24) is 0 Å². The summed E-state index contributed by atoms with van der Waals surface area (Å²) in [6.45, 7) is -0.432. The Morgan fingerprint density at radius 1 is 1.03 bits per heavy atom. The van der Waals surface area contributed by atoms with Crippen molar-refractivity contribution < 1.29 is 18.4 Å². The molecule has 2 aromatic heterocycles. The molecule has 0 saturated carbocycles. The molecule has 1 amide bonds. The molecule has 0 aliphatic rings. The molecule has 0 fully saturated rings. The lowest BCUT2D eigenvalue weighted by molar-refractivity contribution is -0.118. The first-order chi connectivity index (χ1) is 14.4. The van der Waals surface area contributed by atoms with E-state index < -0.39 is 17.9 Å². The third-order valence-corrected chi connectivity index (χ3v) is 5.27. The van der Waals surface area contributed by atoms with E-state index in [9.17, 15) is 9.59 Å². The number of carbonyl (C=O) groups is 1. The van der Waals surface area contributed by atoms with E-state index in [1.54, 1.807) is 48.5 Å². The molecule has 152 valence electrons. The van der Waals surface area contributed by atoms with Gasteiger partial charge in [-0.3, -0.25) is 9.59 Å². The van der Waals surface area contributed by atoms with Gasteiger partial charge in [0.2, 0.25) is 16.9 Å². The minimum atomic E-state index is -0.493. The molecule has 1 N–H and O–H groups in total. The van der Waals surface area contributed by atoms with Crippen molar-refractivity contribution in [3.05, 3.63) is 79.5 Å². The molecule has 0 aliphatic heterocycles. The summed E-state index contributed by atoms with van der Waals surface area (Å²) in [6, 6.07) is 14.7. The van der Waals surface area contributed by atoms with Crippen LogP contribution in [0.3, 0.4) is 0 Å². The third-order valence-electron chi connectivity index (χ3n) is 4.10. The van der Waals surface area contributed by atoms with E-state index in [4.69, 9.17) is 36.8 Å². The van der Waals surface area contributed by atoms with Crippen LogP contribution in [0.4, 0.5) is 5.69 Å². The van der Waals surface area contributed by atoms with Crippen LogP contribution in [0, 0.1) is 0 Å². The normalized spacial score (nSPS) is 10.9. The Morgan fingerprint density at radius 2 is 1.83 bits per heavy atom. The number of hydrogen-bond acceptors (Lipinski definition) is 5. The van der Waals surface area contributed by atoms with Gasteiger partial charge in [0, 0.05) is 5.69 Å². The molecule has 0 saturated heterocycles. The van der Waals surface area contributed by atoms with Gasteiger partial charge in [-0.2, -0.15) is 0 Å². The molecule has 2 aromatic carbocycles. The summed E-state index contributed by atoms with van der Waals surface area (Å²) in [7, 11) is 0. The molecule has 0 atom stereocenters. The monoisotopic (exact) mass is 507 g/mol. The van der Waals surface area contributed by atoms with Gasteiger partial charge >= 0.3 is 0 Å². The van der Waals surface area contributed by atoms with Crippen molar-refractivity contribution in [3.8, 4) is 17.3 Å². The maximum absolute atomic E-state index is 13.0. The Balaban J connectivity index is 1.64. The zero-order valence-corrected chi connectivity index (χ0v) is 18.2. The molecule has 0 spiro atoms. The molecule has 0 radical (unpaired) electrons. The maximum Gasteiger partial charge on any atom is 0.262 e. The highest BCUT2D eigenvalue weighted by molar-refractivity contribution is 9.10. The zero-order valence-electron chi connectivity index (χ0n) is 15.1. The summed E-state index contributed by atoms with van der Waals surface area (Å²) < 4.78 is 17.4. The predicted octanol–water partition coefficient (Wildman–Crippen LogP) is 6.14. The first-order valence-electron chi connectivity index (χ1n) is 8.61. The first-order valence-corrected chi connectivity index (χ1v) is 10.2. The lowest BCUT2D eigenvalue weighted by Gasteiger charge is -2.11. The number of hydrogen-bond donors (Lipinski definition) is 1. The van der Waals surface area contributed by atoms with Gasteiger partial charge in [-0.15, -0.1) is 0 Å². The van der Waals surface area contributed by atoms with E-state index in [1.165, 1.54) is 6.07 Å². The van der Waals surface area contributed by atoms with Crippen LogP contribution in [0.15, 0.2) is 72.9 Å². The number of amides is 1. The first kappa shape index (κ1) is 20.5. The summed E-state index contributed by atoms with van der Waals surface area (Å²) in [5, 5.41) is 3.63. The van der Waals surface area contributed by atoms with E-state index in [0.717, 1.165) is 0 Å². The molecule has 0 unspecified atom stereocenters. The number of halogens is 3. The number of para-hydroxylation sites is 1. The number of carbonyl (C=O) groups excluding carboxylic acids is 1. The highest BCUT2D eigenvalue weighted by Crippen LogP contribution is 2.33. The van der Waals surface area contributed by atoms with E-state index in [1.807, 2.05) is 0 Å². The average molecular weight is 509 g/mol. The summed E-state index contributed by atoms with van der Waals surface area (Å²) in [5.74, 6) is -0.247. The number of nitrogens with one attached hydrogen (secondary N) is 1. The fourth-order valence-corrected chi connectivity index (χ4v) is 3.37. The highest BCUT2D eigenvalue weighted by atomic mass is 79.9. The maximum atomic E-state index is 13.0. The SMILES string of the molecule is O=C(COc1c(-c2ccc(Br)o2)oc2ccccc2c1=O)Nc1ccc(Cl)c(Cl)c1. The Bertz CT molecular complexity index is 1310. The van der Waals surface area contributed by atoms with Gasteiger partial charge < -0.3 is 18.9 Å². The zero-order chi connectivity index (χ0) is 21.3. The van der Waals surface area contributed by atoms with Crippen molar-refractivity contribution >= 4 is 61.7 Å². The van der Waals surface area contributed by atoms with Crippen molar-refractivity contribution in [2.45, 2.75) is 0 Å². The molecule has 6 nitrogen and oxygen atoms in total. The number of benzene rings is 2. The summed E-state index contributed by atoms with van der Waals surface area (Å²) in [5.41, 5.74) is 0.401. The lowest BCUT2D eigenvalue weighted by atomic mass is 10.2. The Hall–Kier alpha value is -2.74. The van der Waals surface area contributed by atoms with Crippen LogP contribution < -0.4 is 15.5 Å². The van der Waals surface area contributed by atoms with E-state index in [2.05, 4.69) is 21.2 Å². The number of rotatable bonds is 5. The highest BCUT2D eigenvalue weighted by Gasteiger charge is 2.21. The predicted molar refractivity (Wildman–Crippen MR) is 118 cm³/mol. The van der Waals surface area contributed by atoms with Crippen LogP contribution in [0.2, 0.25) is 10.0 Å². The van der Waals surface area contributed by atoms with Gasteiger partial charge in [-0.1, -0.05) is 35.3 Å². The summed E-state index contributed by atoms with van der Waals surface area (Å²) >= 11 is 15.0. The van der Waals surface area contributed by atoms with E-state index in [0.29, 0.717) is 31.4 Å². The molecular weight excluding hydrogens is 497 g/mol. The third kappa shape index (κ3) is 4.23. The topological polar surface area (TPSA) is 81.7 Å². The van der Waals surface area contributed by atoms with Crippen molar-refractivity contribution in [2.24, 2.45) is 0 Å². The second-order valence-electron chi connectivity index (χ2n) is 6.16. The van der Waals surface area contributed by atoms with Crippen molar-refractivity contribution in [1.29, 1.82) is 0 Å².